The highest BCUT2D eigenvalue weighted by Crippen LogP contribution is 2.35. The van der Waals surface area contributed by atoms with Gasteiger partial charge in [-0.2, -0.15) is 13.2 Å². The normalized spacial score (nSPS) is 12.7. The van der Waals surface area contributed by atoms with Gasteiger partial charge in [-0.05, 0) is 24.3 Å². The van der Waals surface area contributed by atoms with Crippen molar-refractivity contribution in [3.05, 3.63) is 71.8 Å². The Hall–Kier alpha value is -3.29. The molecule has 1 N–H and O–H groups in total. The van der Waals surface area contributed by atoms with Crippen molar-refractivity contribution in [3.63, 3.8) is 0 Å². The Morgan fingerprint density at radius 2 is 1.85 bits per heavy atom. The van der Waals surface area contributed by atoms with Gasteiger partial charge in [0.05, 0.1) is 22.6 Å². The first-order chi connectivity index (χ1) is 12.4. The molecule has 1 aliphatic rings. The van der Waals surface area contributed by atoms with Crippen molar-refractivity contribution in [3.8, 4) is 11.4 Å². The van der Waals surface area contributed by atoms with Crippen LogP contribution in [0.3, 0.4) is 0 Å². The molecule has 0 saturated heterocycles. The summed E-state index contributed by atoms with van der Waals surface area (Å²) in [7, 11) is 0. The van der Waals surface area contributed by atoms with E-state index in [1.807, 2.05) is 12.1 Å². The van der Waals surface area contributed by atoms with Gasteiger partial charge in [-0.1, -0.05) is 24.3 Å². The molecule has 1 aliphatic heterocycles. The first kappa shape index (κ1) is 16.2. The predicted octanol–water partition coefficient (Wildman–Crippen LogP) is 4.04. The highest BCUT2D eigenvalue weighted by Gasteiger charge is 2.34. The highest BCUT2D eigenvalue weighted by molar-refractivity contribution is 6.04. The Morgan fingerprint density at radius 3 is 2.65 bits per heavy atom. The smallest absolute Gasteiger partial charge is 0.418 e. The lowest BCUT2D eigenvalue weighted by Crippen LogP contribution is -2.20. The standard InChI is InChI=1S/C18H12F3N3O2/c19-18(20,21)11-5-1-2-6-12(11)23-17(25)16-14-9-26-15-8-4-3-7-13(15)24(14)10-22-16/h1-8,10H,9H2,(H,23,25). The van der Waals surface area contributed by atoms with Crippen molar-refractivity contribution < 1.29 is 22.7 Å². The average molecular weight is 359 g/mol. The lowest BCUT2D eigenvalue weighted by molar-refractivity contribution is -0.136. The highest BCUT2D eigenvalue weighted by atomic mass is 19.4. The first-order valence-electron chi connectivity index (χ1n) is 7.71. The number of amides is 1. The van der Waals surface area contributed by atoms with E-state index in [-0.39, 0.29) is 18.0 Å². The van der Waals surface area contributed by atoms with Crippen LogP contribution in [0.5, 0.6) is 5.75 Å². The number of hydrogen-bond donors (Lipinski definition) is 1. The molecule has 0 fully saturated rings. The average Bonchev–Trinajstić information content (AvgIpc) is 3.06. The number of imidazole rings is 1. The second-order valence-electron chi connectivity index (χ2n) is 5.66. The number of anilines is 1. The second kappa shape index (κ2) is 5.91. The third-order valence-corrected chi connectivity index (χ3v) is 4.05. The number of halogens is 3. The quantitative estimate of drug-likeness (QED) is 0.751. The van der Waals surface area contributed by atoms with Crippen LogP contribution in [0.1, 0.15) is 21.7 Å². The predicted molar refractivity (Wildman–Crippen MR) is 87.3 cm³/mol. The fourth-order valence-corrected chi connectivity index (χ4v) is 2.85. The summed E-state index contributed by atoms with van der Waals surface area (Å²) in [5.74, 6) is -0.0785. The van der Waals surface area contributed by atoms with Gasteiger partial charge in [0, 0.05) is 0 Å². The molecule has 0 unspecified atom stereocenters. The van der Waals surface area contributed by atoms with Gasteiger partial charge in [0.15, 0.2) is 5.69 Å². The van der Waals surface area contributed by atoms with Crippen LogP contribution >= 0.6 is 0 Å². The van der Waals surface area contributed by atoms with Gasteiger partial charge >= 0.3 is 6.18 Å². The summed E-state index contributed by atoms with van der Waals surface area (Å²) in [5, 5.41) is 2.30. The third-order valence-electron chi connectivity index (χ3n) is 4.05. The van der Waals surface area contributed by atoms with E-state index in [2.05, 4.69) is 10.3 Å². The van der Waals surface area contributed by atoms with Gasteiger partial charge in [-0.15, -0.1) is 0 Å². The number of hydrogen-bond acceptors (Lipinski definition) is 3. The summed E-state index contributed by atoms with van der Waals surface area (Å²) >= 11 is 0. The minimum Gasteiger partial charge on any atom is -0.485 e. The van der Waals surface area contributed by atoms with Crippen molar-refractivity contribution >= 4 is 11.6 Å². The first-order valence-corrected chi connectivity index (χ1v) is 7.71. The van der Waals surface area contributed by atoms with E-state index in [0.29, 0.717) is 11.4 Å². The molecule has 0 atom stereocenters. The number of para-hydroxylation sites is 3. The van der Waals surface area contributed by atoms with E-state index >= 15 is 0 Å². The van der Waals surface area contributed by atoms with E-state index in [1.54, 1.807) is 16.7 Å². The zero-order valence-electron chi connectivity index (χ0n) is 13.2. The molecule has 0 aliphatic carbocycles. The Morgan fingerprint density at radius 1 is 1.12 bits per heavy atom. The van der Waals surface area contributed by atoms with Gasteiger partial charge in [0.25, 0.3) is 5.91 Å². The number of carbonyl (C=O) groups is 1. The van der Waals surface area contributed by atoms with Crippen molar-refractivity contribution in [1.82, 2.24) is 9.55 Å². The van der Waals surface area contributed by atoms with Gasteiger partial charge < -0.3 is 10.1 Å². The molecule has 5 nitrogen and oxygen atoms in total. The lowest BCUT2D eigenvalue weighted by atomic mass is 10.1. The van der Waals surface area contributed by atoms with Crippen LogP contribution < -0.4 is 10.1 Å². The molecule has 1 amide bonds. The van der Waals surface area contributed by atoms with Crippen LogP contribution in [0.25, 0.3) is 5.69 Å². The van der Waals surface area contributed by atoms with Crippen LogP contribution in [0.15, 0.2) is 54.9 Å². The van der Waals surface area contributed by atoms with Crippen molar-refractivity contribution in [1.29, 1.82) is 0 Å². The molecule has 1 aromatic heterocycles. The van der Waals surface area contributed by atoms with Crippen molar-refractivity contribution in [2.24, 2.45) is 0 Å². The number of fused-ring (bicyclic) bond motifs is 3. The van der Waals surface area contributed by atoms with Gasteiger partial charge in [-0.3, -0.25) is 9.36 Å². The number of ether oxygens (including phenoxy) is 1. The van der Waals surface area contributed by atoms with Crippen LogP contribution in [0, 0.1) is 0 Å². The van der Waals surface area contributed by atoms with E-state index < -0.39 is 17.6 Å². The van der Waals surface area contributed by atoms with Crippen molar-refractivity contribution in [2.75, 3.05) is 5.32 Å². The molecule has 132 valence electrons. The molecule has 2 aromatic carbocycles. The number of nitrogens with one attached hydrogen (secondary N) is 1. The molecule has 26 heavy (non-hydrogen) atoms. The van der Waals surface area contributed by atoms with Gasteiger partial charge in [-0.25, -0.2) is 4.98 Å². The molecule has 8 heteroatoms. The topological polar surface area (TPSA) is 56.2 Å². The third kappa shape index (κ3) is 2.69. The van der Waals surface area contributed by atoms with Crippen LogP contribution in [0.2, 0.25) is 0 Å². The molecular formula is C18H12F3N3O2. The molecule has 0 bridgehead atoms. The molecule has 0 radical (unpaired) electrons. The summed E-state index contributed by atoms with van der Waals surface area (Å²) in [6, 6.07) is 12.0. The van der Waals surface area contributed by atoms with E-state index in [0.717, 1.165) is 11.8 Å². The number of carbonyl (C=O) groups excluding carboxylic acids is 1. The minimum atomic E-state index is -4.57. The Balaban J connectivity index is 1.68. The van der Waals surface area contributed by atoms with Crippen LogP contribution in [0.4, 0.5) is 18.9 Å². The number of nitrogens with zero attached hydrogens (tertiary/aromatic N) is 2. The second-order valence-corrected chi connectivity index (χ2v) is 5.66. The summed E-state index contributed by atoms with van der Waals surface area (Å²) in [4.78, 5) is 16.6. The molecule has 0 spiro atoms. The summed E-state index contributed by atoms with van der Waals surface area (Å²) in [5.41, 5.74) is -0.00920. The molecule has 3 aromatic rings. The minimum absolute atomic E-state index is 0.0245. The maximum atomic E-state index is 13.1. The largest absolute Gasteiger partial charge is 0.485 e. The Kier molecular flexibility index (Phi) is 3.68. The molecule has 4 rings (SSSR count). The lowest BCUT2D eigenvalue weighted by Gasteiger charge is -2.20. The molecule has 0 saturated carbocycles. The van der Waals surface area contributed by atoms with Crippen molar-refractivity contribution in [2.45, 2.75) is 12.8 Å². The number of rotatable bonds is 2. The maximum absolute atomic E-state index is 13.1. The van der Waals surface area contributed by atoms with E-state index in [1.165, 1.54) is 24.5 Å². The van der Waals surface area contributed by atoms with E-state index in [4.69, 9.17) is 4.74 Å². The Labute approximate surface area is 146 Å². The Bertz CT molecular complexity index is 995. The van der Waals surface area contributed by atoms with Gasteiger partial charge in [0.2, 0.25) is 0 Å². The zero-order chi connectivity index (χ0) is 18.3. The van der Waals surface area contributed by atoms with Gasteiger partial charge in [0.1, 0.15) is 18.7 Å². The number of alkyl halides is 3. The SMILES string of the molecule is O=C(Nc1ccccc1C(F)(F)F)c1ncn2c1COc1ccccc1-2. The molecular weight excluding hydrogens is 347 g/mol. The van der Waals surface area contributed by atoms with E-state index in [9.17, 15) is 18.0 Å². The number of aromatic nitrogens is 2. The maximum Gasteiger partial charge on any atom is 0.418 e. The van der Waals surface area contributed by atoms with Crippen LogP contribution in [-0.2, 0) is 12.8 Å². The fourth-order valence-electron chi connectivity index (χ4n) is 2.85. The monoisotopic (exact) mass is 359 g/mol. The van der Waals surface area contributed by atoms with Crippen LogP contribution in [-0.4, -0.2) is 15.5 Å². The molecule has 2 heterocycles. The number of benzene rings is 2. The zero-order valence-corrected chi connectivity index (χ0v) is 13.2. The summed E-state index contributed by atoms with van der Waals surface area (Å²) in [6.45, 7) is 0.0979. The summed E-state index contributed by atoms with van der Waals surface area (Å²) < 4.78 is 46.6. The summed E-state index contributed by atoms with van der Waals surface area (Å²) in [6.07, 6.45) is -3.11. The fraction of sp³-hybridized carbons (Fsp3) is 0.111.